The zero-order valence-electron chi connectivity index (χ0n) is 17.5. The Hall–Kier alpha value is -3.37. The van der Waals surface area contributed by atoms with Gasteiger partial charge in [0.05, 0.1) is 16.5 Å². The van der Waals surface area contributed by atoms with Crippen LogP contribution in [0.25, 0.3) is 0 Å². The summed E-state index contributed by atoms with van der Waals surface area (Å²) in [7, 11) is 0. The van der Waals surface area contributed by atoms with E-state index >= 15 is 0 Å². The molecule has 1 N–H and O–H groups in total. The van der Waals surface area contributed by atoms with E-state index in [1.54, 1.807) is 28.0 Å². The number of likely N-dealkylation sites (tertiary alicyclic amines) is 1. The molecule has 4 rings (SSSR count). The minimum atomic E-state index is -0.353. The van der Waals surface area contributed by atoms with Crippen LogP contribution in [0.1, 0.15) is 24.8 Å². The molecule has 2 aromatic carbocycles. The molecule has 0 radical (unpaired) electrons. The summed E-state index contributed by atoms with van der Waals surface area (Å²) in [6, 6.07) is 16.2. The Kier molecular flexibility index (Phi) is 6.42. The lowest BCUT2D eigenvalue weighted by Gasteiger charge is -2.33. The van der Waals surface area contributed by atoms with Gasteiger partial charge in [-0.3, -0.25) is 14.4 Å². The minimum absolute atomic E-state index is 0.0190. The van der Waals surface area contributed by atoms with Gasteiger partial charge in [-0.25, -0.2) is 0 Å². The highest BCUT2D eigenvalue weighted by Crippen LogP contribution is 2.28. The van der Waals surface area contributed by atoms with Crippen LogP contribution in [0.5, 0.6) is 0 Å². The number of nitriles is 1. The monoisotopic (exact) mass is 450 g/mol. The van der Waals surface area contributed by atoms with Gasteiger partial charge < -0.3 is 15.1 Å². The van der Waals surface area contributed by atoms with Gasteiger partial charge in [0.2, 0.25) is 17.7 Å². The van der Waals surface area contributed by atoms with E-state index in [0.29, 0.717) is 48.7 Å². The summed E-state index contributed by atoms with van der Waals surface area (Å²) in [5.41, 5.74) is 1.71. The summed E-state index contributed by atoms with van der Waals surface area (Å²) < 4.78 is 0. The first-order valence-electron chi connectivity index (χ1n) is 10.6. The van der Waals surface area contributed by atoms with Crippen molar-refractivity contribution in [2.75, 3.05) is 29.9 Å². The summed E-state index contributed by atoms with van der Waals surface area (Å²) in [5, 5.41) is 12.1. The lowest BCUT2D eigenvalue weighted by molar-refractivity contribution is -0.138. The van der Waals surface area contributed by atoms with Crippen molar-refractivity contribution in [2.24, 2.45) is 11.8 Å². The highest BCUT2D eigenvalue weighted by atomic mass is 35.5. The van der Waals surface area contributed by atoms with Crippen LogP contribution in [0.3, 0.4) is 0 Å². The van der Waals surface area contributed by atoms with Gasteiger partial charge in [0.25, 0.3) is 0 Å². The number of nitrogens with one attached hydrogen (secondary N) is 1. The maximum Gasteiger partial charge on any atom is 0.228 e. The molecule has 1 unspecified atom stereocenters. The van der Waals surface area contributed by atoms with E-state index < -0.39 is 0 Å². The van der Waals surface area contributed by atoms with E-state index in [9.17, 15) is 14.4 Å². The standard InChI is InChI=1S/C24H23ClN4O3/c25-21-13-19(7-6-17(21)14-26)27-23(31)16-8-10-28(11-9-16)24(32)18-12-22(30)29(15-18)20-4-2-1-3-5-20/h1-7,13,16,18H,8-12,15H2,(H,27,31). The number of nitrogens with zero attached hydrogens (tertiary/aromatic N) is 3. The zero-order valence-corrected chi connectivity index (χ0v) is 18.2. The number of anilines is 2. The van der Waals surface area contributed by atoms with E-state index in [4.69, 9.17) is 16.9 Å². The van der Waals surface area contributed by atoms with Crippen LogP contribution in [0, 0.1) is 23.2 Å². The minimum Gasteiger partial charge on any atom is -0.342 e. The molecule has 2 heterocycles. The summed E-state index contributed by atoms with van der Waals surface area (Å²) in [5.74, 6) is -0.739. The fourth-order valence-electron chi connectivity index (χ4n) is 4.28. The van der Waals surface area contributed by atoms with Crippen LogP contribution >= 0.6 is 11.6 Å². The van der Waals surface area contributed by atoms with E-state index in [0.717, 1.165) is 5.69 Å². The van der Waals surface area contributed by atoms with Crippen LogP contribution in [0.2, 0.25) is 5.02 Å². The van der Waals surface area contributed by atoms with Crippen molar-refractivity contribution >= 4 is 40.7 Å². The van der Waals surface area contributed by atoms with Crippen molar-refractivity contribution in [1.29, 1.82) is 5.26 Å². The Morgan fingerprint density at radius 1 is 1.06 bits per heavy atom. The third-order valence-corrected chi connectivity index (χ3v) is 6.39. The predicted molar refractivity (Wildman–Crippen MR) is 121 cm³/mol. The number of piperidine rings is 1. The largest absolute Gasteiger partial charge is 0.342 e. The summed E-state index contributed by atoms with van der Waals surface area (Å²) in [4.78, 5) is 41.5. The molecule has 2 aromatic rings. The van der Waals surface area contributed by atoms with Gasteiger partial charge in [-0.05, 0) is 43.2 Å². The van der Waals surface area contributed by atoms with Crippen LogP contribution in [-0.4, -0.2) is 42.3 Å². The average Bonchev–Trinajstić information content (AvgIpc) is 3.21. The highest BCUT2D eigenvalue weighted by molar-refractivity contribution is 6.32. The van der Waals surface area contributed by atoms with Crippen molar-refractivity contribution in [3.63, 3.8) is 0 Å². The normalized spacial score (nSPS) is 19.0. The zero-order chi connectivity index (χ0) is 22.7. The van der Waals surface area contributed by atoms with Gasteiger partial charge in [0, 0.05) is 43.3 Å². The third kappa shape index (κ3) is 4.61. The molecule has 32 heavy (non-hydrogen) atoms. The number of carbonyl (C=O) groups is 3. The smallest absolute Gasteiger partial charge is 0.228 e. The van der Waals surface area contributed by atoms with E-state index in [-0.39, 0.29) is 36.0 Å². The molecule has 0 saturated carbocycles. The molecule has 2 saturated heterocycles. The third-order valence-electron chi connectivity index (χ3n) is 6.08. The molecule has 3 amide bonds. The number of halogens is 1. The molecule has 0 aliphatic carbocycles. The number of para-hydroxylation sites is 1. The number of amides is 3. The van der Waals surface area contributed by atoms with Crippen LogP contribution in [0.15, 0.2) is 48.5 Å². The fourth-order valence-corrected chi connectivity index (χ4v) is 4.50. The van der Waals surface area contributed by atoms with Gasteiger partial charge in [-0.2, -0.15) is 5.26 Å². The Morgan fingerprint density at radius 2 is 1.78 bits per heavy atom. The molecular weight excluding hydrogens is 428 g/mol. The van der Waals surface area contributed by atoms with Gasteiger partial charge in [0.15, 0.2) is 0 Å². The average molecular weight is 451 g/mol. The topological polar surface area (TPSA) is 93.5 Å². The maximum atomic E-state index is 13.0. The highest BCUT2D eigenvalue weighted by Gasteiger charge is 2.38. The van der Waals surface area contributed by atoms with Gasteiger partial charge >= 0.3 is 0 Å². The van der Waals surface area contributed by atoms with Gasteiger partial charge in [-0.15, -0.1) is 0 Å². The van der Waals surface area contributed by atoms with Crippen LogP contribution in [-0.2, 0) is 14.4 Å². The van der Waals surface area contributed by atoms with Crippen molar-refractivity contribution in [3.8, 4) is 6.07 Å². The SMILES string of the molecule is N#Cc1ccc(NC(=O)C2CCN(C(=O)C3CC(=O)N(c4ccccc4)C3)CC2)cc1Cl. The molecule has 164 valence electrons. The van der Waals surface area contributed by atoms with E-state index in [1.807, 2.05) is 36.4 Å². The number of rotatable bonds is 4. The summed E-state index contributed by atoms with van der Waals surface area (Å²) >= 11 is 6.03. The number of benzene rings is 2. The molecule has 1 atom stereocenters. The predicted octanol–water partition coefficient (Wildman–Crippen LogP) is 3.44. The molecule has 8 heteroatoms. The van der Waals surface area contributed by atoms with Crippen molar-refractivity contribution in [3.05, 3.63) is 59.1 Å². The molecule has 2 aliphatic heterocycles. The van der Waals surface area contributed by atoms with Gasteiger partial charge in [-0.1, -0.05) is 29.8 Å². The lowest BCUT2D eigenvalue weighted by Crippen LogP contribution is -2.44. The van der Waals surface area contributed by atoms with Gasteiger partial charge in [0.1, 0.15) is 6.07 Å². The number of hydrogen-bond donors (Lipinski definition) is 1. The van der Waals surface area contributed by atoms with Crippen molar-refractivity contribution in [2.45, 2.75) is 19.3 Å². The molecule has 2 fully saturated rings. The van der Waals surface area contributed by atoms with Crippen molar-refractivity contribution < 1.29 is 14.4 Å². The van der Waals surface area contributed by atoms with E-state index in [1.165, 1.54) is 0 Å². The van der Waals surface area contributed by atoms with E-state index in [2.05, 4.69) is 5.32 Å². The fraction of sp³-hybridized carbons (Fsp3) is 0.333. The Labute approximate surface area is 191 Å². The summed E-state index contributed by atoms with van der Waals surface area (Å²) in [6.45, 7) is 1.36. The molecule has 0 spiro atoms. The first-order chi connectivity index (χ1) is 15.5. The quantitative estimate of drug-likeness (QED) is 0.772. The summed E-state index contributed by atoms with van der Waals surface area (Å²) in [6.07, 6.45) is 1.34. The van der Waals surface area contributed by atoms with Crippen LogP contribution in [0.4, 0.5) is 11.4 Å². The second-order valence-electron chi connectivity index (χ2n) is 8.14. The molecule has 0 bridgehead atoms. The Morgan fingerprint density at radius 3 is 2.44 bits per heavy atom. The van der Waals surface area contributed by atoms with Crippen molar-refractivity contribution in [1.82, 2.24) is 4.90 Å². The van der Waals surface area contributed by atoms with Crippen LogP contribution < -0.4 is 10.2 Å². The first kappa shape index (κ1) is 21.8. The first-order valence-corrected chi connectivity index (χ1v) is 11.0. The molecule has 2 aliphatic rings. The lowest BCUT2D eigenvalue weighted by atomic mass is 9.94. The molecular formula is C24H23ClN4O3. The number of carbonyl (C=O) groups excluding carboxylic acids is 3. The second kappa shape index (κ2) is 9.41. The molecule has 0 aromatic heterocycles. The molecule has 7 nitrogen and oxygen atoms in total. The maximum absolute atomic E-state index is 13.0. The Balaban J connectivity index is 1.30. The number of hydrogen-bond acceptors (Lipinski definition) is 4. The Bertz CT molecular complexity index is 1070. The second-order valence-corrected chi connectivity index (χ2v) is 8.54.